The van der Waals surface area contributed by atoms with Gasteiger partial charge >= 0.3 is 0 Å². The molecule has 0 heterocycles. The molecule has 0 aromatic heterocycles. The second kappa shape index (κ2) is 4.98. The number of rotatable bonds is 4. The first-order chi connectivity index (χ1) is 3.77. The van der Waals surface area contributed by atoms with Crippen LogP contribution in [-0.2, 0) is 0 Å². The van der Waals surface area contributed by atoms with Crippen LogP contribution in [0.1, 0.15) is 33.1 Å². The Bertz CT molecular complexity index is 41.7. The fourth-order valence-corrected chi connectivity index (χ4v) is 0.606. The highest BCUT2D eigenvalue weighted by molar-refractivity contribution is 4.65. The Morgan fingerprint density at radius 3 is 2.62 bits per heavy atom. The molecule has 0 aliphatic rings. The molecule has 1 heteroatoms. The van der Waals surface area contributed by atoms with Crippen molar-refractivity contribution in [2.45, 2.75) is 39.2 Å². The van der Waals surface area contributed by atoms with Crippen molar-refractivity contribution in [3.63, 3.8) is 0 Å². The van der Waals surface area contributed by atoms with Gasteiger partial charge in [0.05, 0.1) is 12.8 Å². The Balaban J connectivity index is 2.72. The molecule has 0 rings (SSSR count). The third-order valence-corrected chi connectivity index (χ3v) is 1.06. The molecule has 0 aliphatic heterocycles. The molecule has 0 aromatic rings. The zero-order chi connectivity index (χ0) is 6.41. The first kappa shape index (κ1) is 7.83. The van der Waals surface area contributed by atoms with E-state index in [1.807, 2.05) is 0 Å². The van der Waals surface area contributed by atoms with Crippen LogP contribution in [0.25, 0.3) is 0 Å². The summed E-state index contributed by atoms with van der Waals surface area (Å²) >= 11 is 0. The highest BCUT2D eigenvalue weighted by Gasteiger charge is 2.02. The van der Waals surface area contributed by atoms with Crippen molar-refractivity contribution in [1.82, 2.24) is 0 Å². The Labute approximate surface area is 52.3 Å². The van der Waals surface area contributed by atoms with Gasteiger partial charge in [-0.3, -0.25) is 0 Å². The molecule has 0 aliphatic carbocycles. The van der Waals surface area contributed by atoms with Gasteiger partial charge in [-0.25, -0.2) is 0 Å². The smallest absolute Gasteiger partial charge is 0.139 e. The topological polar surface area (TPSA) is 27.6 Å². The molecule has 0 aromatic carbocycles. The third-order valence-electron chi connectivity index (χ3n) is 1.06. The van der Waals surface area contributed by atoms with E-state index in [0.717, 1.165) is 0 Å². The SMILES string of the molecule is CCC[CH+]CC(C)[NH3+]. The van der Waals surface area contributed by atoms with Crippen molar-refractivity contribution >= 4 is 0 Å². The minimum atomic E-state index is 0.599. The van der Waals surface area contributed by atoms with Gasteiger partial charge in [0.1, 0.15) is 12.5 Å². The minimum Gasteiger partial charge on any atom is -0.352 e. The van der Waals surface area contributed by atoms with Crippen LogP contribution in [0.5, 0.6) is 0 Å². The van der Waals surface area contributed by atoms with Gasteiger partial charge in [-0.15, -0.1) is 0 Å². The van der Waals surface area contributed by atoms with E-state index < -0.39 is 0 Å². The molecule has 0 saturated heterocycles. The van der Waals surface area contributed by atoms with Crippen molar-refractivity contribution in [1.29, 1.82) is 0 Å². The van der Waals surface area contributed by atoms with Gasteiger partial charge in [0.2, 0.25) is 0 Å². The molecule has 0 fully saturated rings. The van der Waals surface area contributed by atoms with Crippen LogP contribution in [0, 0.1) is 6.42 Å². The summed E-state index contributed by atoms with van der Waals surface area (Å²) in [5.74, 6) is 0. The van der Waals surface area contributed by atoms with Gasteiger partial charge in [0.25, 0.3) is 0 Å². The molecule has 3 N–H and O–H groups in total. The van der Waals surface area contributed by atoms with E-state index in [2.05, 4.69) is 26.0 Å². The van der Waals surface area contributed by atoms with Crippen LogP contribution in [0.3, 0.4) is 0 Å². The van der Waals surface area contributed by atoms with Crippen LogP contribution < -0.4 is 5.73 Å². The second-order valence-electron chi connectivity index (χ2n) is 2.42. The van der Waals surface area contributed by atoms with Crippen molar-refractivity contribution < 1.29 is 5.73 Å². The lowest BCUT2D eigenvalue weighted by molar-refractivity contribution is -0.413. The monoisotopic (exact) mass is 115 g/mol. The summed E-state index contributed by atoms with van der Waals surface area (Å²) in [5.41, 5.74) is 3.88. The van der Waals surface area contributed by atoms with E-state index in [1.54, 1.807) is 0 Å². The van der Waals surface area contributed by atoms with Crippen LogP contribution in [0.15, 0.2) is 0 Å². The molecular weight excluding hydrogens is 98.1 g/mol. The first-order valence-electron chi connectivity index (χ1n) is 3.42. The lowest BCUT2D eigenvalue weighted by Crippen LogP contribution is -2.58. The van der Waals surface area contributed by atoms with Crippen LogP contribution >= 0.6 is 0 Å². The summed E-state index contributed by atoms with van der Waals surface area (Å²) in [6.07, 6.45) is 6.01. The molecule has 8 heavy (non-hydrogen) atoms. The zero-order valence-electron chi connectivity index (χ0n) is 5.98. The Morgan fingerprint density at radius 2 is 2.25 bits per heavy atom. The summed E-state index contributed by atoms with van der Waals surface area (Å²) in [6.45, 7) is 4.34. The molecule has 0 saturated carbocycles. The highest BCUT2D eigenvalue weighted by atomic mass is 14.6. The summed E-state index contributed by atoms with van der Waals surface area (Å²) in [5, 5.41) is 0. The normalized spacial score (nSPS) is 13.4. The molecule has 0 spiro atoms. The molecule has 0 bridgehead atoms. The lowest BCUT2D eigenvalue weighted by Gasteiger charge is -1.90. The summed E-state index contributed by atoms with van der Waals surface area (Å²) < 4.78 is 0. The maximum atomic E-state index is 3.88. The standard InChI is InChI=1S/C7H16N/c1-3-4-5-6-7(2)8/h5,7H,3-4,6,8H2,1-2H3/q+1/p+1. The quantitative estimate of drug-likeness (QED) is 0.418. The molecule has 0 amide bonds. The average Bonchev–Trinajstić information content (AvgIpc) is 1.66. The molecule has 1 nitrogen and oxygen atoms in total. The van der Waals surface area contributed by atoms with Gasteiger partial charge in [0, 0.05) is 0 Å². The number of hydrogen-bond donors (Lipinski definition) is 1. The zero-order valence-corrected chi connectivity index (χ0v) is 5.98. The van der Waals surface area contributed by atoms with Gasteiger partial charge in [-0.1, -0.05) is 6.92 Å². The average molecular weight is 115 g/mol. The third kappa shape index (κ3) is 5.83. The maximum Gasteiger partial charge on any atom is 0.139 e. The van der Waals surface area contributed by atoms with E-state index in [4.69, 9.17) is 0 Å². The van der Waals surface area contributed by atoms with Crippen molar-refractivity contribution in [2.75, 3.05) is 0 Å². The Kier molecular flexibility index (Phi) is 4.87. The van der Waals surface area contributed by atoms with E-state index in [9.17, 15) is 0 Å². The summed E-state index contributed by atoms with van der Waals surface area (Å²) in [6, 6.07) is 0.599. The first-order valence-corrected chi connectivity index (χ1v) is 3.42. The van der Waals surface area contributed by atoms with Gasteiger partial charge in [-0.05, 0) is 13.3 Å². The minimum absolute atomic E-state index is 0.599. The summed E-state index contributed by atoms with van der Waals surface area (Å²) in [7, 11) is 0. The van der Waals surface area contributed by atoms with Crippen molar-refractivity contribution in [2.24, 2.45) is 0 Å². The molecular formula is C7H17N+2. The number of unbranched alkanes of at least 4 members (excludes halogenated alkanes) is 2. The van der Waals surface area contributed by atoms with E-state index in [-0.39, 0.29) is 0 Å². The molecule has 1 atom stereocenters. The van der Waals surface area contributed by atoms with Crippen LogP contribution in [0.2, 0.25) is 0 Å². The van der Waals surface area contributed by atoms with E-state index >= 15 is 0 Å². The van der Waals surface area contributed by atoms with Gasteiger partial charge in [-0.2, -0.15) is 0 Å². The maximum absolute atomic E-state index is 3.88. The Morgan fingerprint density at radius 1 is 1.62 bits per heavy atom. The number of quaternary nitrogens is 1. The van der Waals surface area contributed by atoms with Crippen molar-refractivity contribution in [3.05, 3.63) is 6.42 Å². The largest absolute Gasteiger partial charge is 0.352 e. The predicted molar refractivity (Wildman–Crippen MR) is 36.2 cm³/mol. The van der Waals surface area contributed by atoms with Crippen molar-refractivity contribution in [3.8, 4) is 0 Å². The van der Waals surface area contributed by atoms with Crippen LogP contribution in [-0.4, -0.2) is 6.04 Å². The lowest BCUT2D eigenvalue weighted by atomic mass is 10.1. The Hall–Kier alpha value is -0.170. The van der Waals surface area contributed by atoms with Crippen LogP contribution in [0.4, 0.5) is 0 Å². The fraction of sp³-hybridized carbons (Fsp3) is 0.857. The van der Waals surface area contributed by atoms with E-state index in [1.165, 1.54) is 19.3 Å². The fourth-order valence-electron chi connectivity index (χ4n) is 0.606. The highest BCUT2D eigenvalue weighted by Crippen LogP contribution is 1.97. The number of hydrogen-bond acceptors (Lipinski definition) is 0. The summed E-state index contributed by atoms with van der Waals surface area (Å²) in [4.78, 5) is 0. The second-order valence-corrected chi connectivity index (χ2v) is 2.42. The van der Waals surface area contributed by atoms with Gasteiger partial charge in [0.15, 0.2) is 0 Å². The molecule has 1 unspecified atom stereocenters. The van der Waals surface area contributed by atoms with E-state index in [0.29, 0.717) is 6.04 Å². The molecule has 0 radical (unpaired) electrons. The van der Waals surface area contributed by atoms with Gasteiger partial charge < -0.3 is 5.73 Å². The predicted octanol–water partition coefficient (Wildman–Crippen LogP) is 1.01. The molecule has 48 valence electrons.